The van der Waals surface area contributed by atoms with Gasteiger partial charge >= 0.3 is 0 Å². The van der Waals surface area contributed by atoms with Crippen LogP contribution in [-0.2, 0) is 10.2 Å². The highest BCUT2D eigenvalue weighted by atomic mass is 16.5. The van der Waals surface area contributed by atoms with Crippen molar-refractivity contribution in [1.29, 1.82) is 5.26 Å². The fraction of sp³-hybridized carbons (Fsp3) is 0.429. The number of nitrogens with zero attached hydrogens (tertiary/aromatic N) is 1. The Labute approximate surface area is 143 Å². The third-order valence-electron chi connectivity index (χ3n) is 4.83. The minimum atomic E-state index is -0.621. The summed E-state index contributed by atoms with van der Waals surface area (Å²) >= 11 is 0. The van der Waals surface area contributed by atoms with E-state index in [4.69, 9.17) is 4.74 Å². The van der Waals surface area contributed by atoms with Crippen LogP contribution in [0, 0.1) is 17.2 Å². The molecule has 0 N–H and O–H groups in total. The predicted octanol–water partition coefficient (Wildman–Crippen LogP) is 4.78. The SMILES string of the molecule is CC(C)COc1c(C2(C#N)CCC(=O)CC2)ccc2ccccc12. The van der Waals surface area contributed by atoms with Crippen molar-refractivity contribution < 1.29 is 9.53 Å². The summed E-state index contributed by atoms with van der Waals surface area (Å²) in [6, 6.07) is 14.7. The minimum absolute atomic E-state index is 0.256. The molecule has 24 heavy (non-hydrogen) atoms. The monoisotopic (exact) mass is 321 g/mol. The van der Waals surface area contributed by atoms with Gasteiger partial charge in [0.15, 0.2) is 0 Å². The summed E-state index contributed by atoms with van der Waals surface area (Å²) in [7, 11) is 0. The lowest BCUT2D eigenvalue weighted by molar-refractivity contribution is -0.121. The molecule has 0 aromatic heterocycles. The largest absolute Gasteiger partial charge is 0.492 e. The van der Waals surface area contributed by atoms with Crippen LogP contribution in [0.2, 0.25) is 0 Å². The van der Waals surface area contributed by atoms with Gasteiger partial charge in [0.2, 0.25) is 0 Å². The fourth-order valence-electron chi connectivity index (χ4n) is 3.42. The van der Waals surface area contributed by atoms with Crippen LogP contribution in [0.15, 0.2) is 36.4 Å². The highest BCUT2D eigenvalue weighted by Gasteiger charge is 2.39. The minimum Gasteiger partial charge on any atom is -0.492 e. The maximum Gasteiger partial charge on any atom is 0.133 e. The molecule has 3 rings (SSSR count). The standard InChI is InChI=1S/C21H23NO2/c1-15(2)13-24-20-18-6-4-3-5-16(18)7-8-19(20)21(14-22)11-9-17(23)10-12-21/h3-8,15H,9-13H2,1-2H3. The number of fused-ring (bicyclic) bond motifs is 1. The van der Waals surface area contributed by atoms with E-state index in [0.717, 1.165) is 22.1 Å². The zero-order chi connectivity index (χ0) is 17.2. The molecular formula is C21H23NO2. The molecule has 0 amide bonds. The van der Waals surface area contributed by atoms with Crippen molar-refractivity contribution in [3.05, 3.63) is 42.0 Å². The van der Waals surface area contributed by atoms with Crippen LogP contribution in [0.25, 0.3) is 10.8 Å². The summed E-state index contributed by atoms with van der Waals surface area (Å²) in [4.78, 5) is 11.7. The Morgan fingerprint density at radius 1 is 1.17 bits per heavy atom. The Morgan fingerprint density at radius 2 is 1.88 bits per heavy atom. The van der Waals surface area contributed by atoms with Crippen molar-refractivity contribution in [2.75, 3.05) is 6.61 Å². The average Bonchev–Trinajstić information content (AvgIpc) is 2.60. The van der Waals surface area contributed by atoms with Gasteiger partial charge < -0.3 is 4.74 Å². The lowest BCUT2D eigenvalue weighted by Crippen LogP contribution is -2.31. The first-order valence-corrected chi connectivity index (χ1v) is 8.64. The summed E-state index contributed by atoms with van der Waals surface area (Å²) in [6.07, 6.45) is 2.12. The molecular weight excluding hydrogens is 298 g/mol. The third kappa shape index (κ3) is 3.01. The topological polar surface area (TPSA) is 50.1 Å². The van der Waals surface area contributed by atoms with E-state index in [0.29, 0.717) is 38.2 Å². The number of Topliss-reactive ketones (excluding diaryl/α,β-unsaturated/α-hetero) is 1. The summed E-state index contributed by atoms with van der Waals surface area (Å²) in [5.41, 5.74) is 0.321. The quantitative estimate of drug-likeness (QED) is 0.814. The van der Waals surface area contributed by atoms with E-state index < -0.39 is 5.41 Å². The summed E-state index contributed by atoms with van der Waals surface area (Å²) in [5.74, 6) is 1.48. The molecule has 124 valence electrons. The van der Waals surface area contributed by atoms with Gasteiger partial charge in [-0.1, -0.05) is 50.2 Å². The molecule has 3 nitrogen and oxygen atoms in total. The molecule has 1 saturated carbocycles. The van der Waals surface area contributed by atoms with E-state index in [1.54, 1.807) is 0 Å². The van der Waals surface area contributed by atoms with Gasteiger partial charge in [0, 0.05) is 23.8 Å². The van der Waals surface area contributed by atoms with Gasteiger partial charge in [-0.15, -0.1) is 0 Å². The fourth-order valence-corrected chi connectivity index (χ4v) is 3.42. The maximum atomic E-state index is 11.7. The van der Waals surface area contributed by atoms with Crippen LogP contribution in [0.5, 0.6) is 5.75 Å². The van der Waals surface area contributed by atoms with Gasteiger partial charge in [0.1, 0.15) is 11.5 Å². The highest BCUT2D eigenvalue weighted by Crippen LogP contribution is 2.44. The summed E-state index contributed by atoms with van der Waals surface area (Å²) in [5, 5.41) is 12.1. The van der Waals surface area contributed by atoms with Crippen molar-refractivity contribution in [3.63, 3.8) is 0 Å². The highest BCUT2D eigenvalue weighted by molar-refractivity contribution is 5.90. The molecule has 1 fully saturated rings. The molecule has 0 radical (unpaired) electrons. The first-order chi connectivity index (χ1) is 11.6. The van der Waals surface area contributed by atoms with Crippen molar-refractivity contribution in [2.24, 2.45) is 5.92 Å². The molecule has 3 heteroatoms. The van der Waals surface area contributed by atoms with Crippen molar-refractivity contribution in [1.82, 2.24) is 0 Å². The molecule has 0 heterocycles. The van der Waals surface area contributed by atoms with Crippen LogP contribution in [0.1, 0.15) is 45.1 Å². The second kappa shape index (κ2) is 6.65. The number of rotatable bonds is 4. The lowest BCUT2D eigenvalue weighted by atomic mass is 9.69. The number of hydrogen-bond acceptors (Lipinski definition) is 3. The van der Waals surface area contributed by atoms with E-state index in [9.17, 15) is 10.1 Å². The van der Waals surface area contributed by atoms with Crippen LogP contribution in [-0.4, -0.2) is 12.4 Å². The van der Waals surface area contributed by atoms with Gasteiger partial charge in [0.05, 0.1) is 18.1 Å². The maximum absolute atomic E-state index is 11.7. The normalized spacial score (nSPS) is 17.0. The van der Waals surface area contributed by atoms with Crippen LogP contribution in [0.3, 0.4) is 0 Å². The Morgan fingerprint density at radius 3 is 2.54 bits per heavy atom. The number of hydrogen-bond donors (Lipinski definition) is 0. The number of nitriles is 1. The number of carbonyl (C=O) groups is 1. The molecule has 0 spiro atoms. The third-order valence-corrected chi connectivity index (χ3v) is 4.83. The van der Waals surface area contributed by atoms with E-state index in [1.807, 2.05) is 24.3 Å². The molecule has 0 unspecified atom stereocenters. The Bertz CT molecular complexity index is 791. The van der Waals surface area contributed by atoms with Crippen molar-refractivity contribution >= 4 is 16.6 Å². The van der Waals surface area contributed by atoms with Crippen LogP contribution < -0.4 is 4.74 Å². The number of ether oxygens (including phenoxy) is 1. The van der Waals surface area contributed by atoms with Gasteiger partial charge in [-0.05, 0) is 24.1 Å². The van der Waals surface area contributed by atoms with E-state index in [1.165, 1.54) is 0 Å². The Hall–Kier alpha value is -2.34. The number of benzene rings is 2. The van der Waals surface area contributed by atoms with Crippen molar-refractivity contribution in [2.45, 2.75) is 44.9 Å². The average molecular weight is 321 g/mol. The predicted molar refractivity (Wildman–Crippen MR) is 95.0 cm³/mol. The van der Waals surface area contributed by atoms with Gasteiger partial charge in [-0.2, -0.15) is 5.26 Å². The van der Waals surface area contributed by atoms with E-state index in [-0.39, 0.29) is 5.78 Å². The van der Waals surface area contributed by atoms with E-state index >= 15 is 0 Å². The van der Waals surface area contributed by atoms with Gasteiger partial charge in [-0.3, -0.25) is 4.79 Å². The van der Waals surface area contributed by atoms with Crippen LogP contribution >= 0.6 is 0 Å². The lowest BCUT2D eigenvalue weighted by Gasteiger charge is -2.32. The number of ketones is 1. The Balaban J connectivity index is 2.14. The Kier molecular flexibility index (Phi) is 4.57. The number of carbonyl (C=O) groups excluding carboxylic acids is 1. The summed E-state index contributed by atoms with van der Waals surface area (Å²) < 4.78 is 6.18. The van der Waals surface area contributed by atoms with Gasteiger partial charge in [0.25, 0.3) is 0 Å². The molecule has 0 aliphatic heterocycles. The van der Waals surface area contributed by atoms with Gasteiger partial charge in [-0.25, -0.2) is 0 Å². The molecule has 2 aromatic rings. The molecule has 0 saturated heterocycles. The molecule has 1 aliphatic carbocycles. The first kappa shape index (κ1) is 16.5. The molecule has 1 aliphatic rings. The molecule has 2 aromatic carbocycles. The zero-order valence-electron chi connectivity index (χ0n) is 14.3. The molecule has 0 bridgehead atoms. The van der Waals surface area contributed by atoms with E-state index in [2.05, 4.69) is 32.0 Å². The van der Waals surface area contributed by atoms with Crippen LogP contribution in [0.4, 0.5) is 0 Å². The second-order valence-electron chi connectivity index (χ2n) is 7.10. The first-order valence-electron chi connectivity index (χ1n) is 8.64. The zero-order valence-corrected chi connectivity index (χ0v) is 14.3. The van der Waals surface area contributed by atoms with Crippen molar-refractivity contribution in [3.8, 4) is 11.8 Å². The molecule has 0 atom stereocenters. The smallest absolute Gasteiger partial charge is 0.133 e. The second-order valence-corrected chi connectivity index (χ2v) is 7.10. The summed E-state index contributed by atoms with van der Waals surface area (Å²) in [6.45, 7) is 4.84.